The Morgan fingerprint density at radius 2 is 1.07 bits per heavy atom. The van der Waals surface area contributed by atoms with Crippen LogP contribution in [0.25, 0.3) is 0 Å². The third-order valence-corrected chi connectivity index (χ3v) is 9.43. The Hall–Kier alpha value is 0.531. The van der Waals surface area contributed by atoms with Crippen molar-refractivity contribution in [1.29, 1.82) is 0 Å². The molecule has 0 saturated heterocycles. The first-order valence-electron chi connectivity index (χ1n) is 4.54. The first-order valence-corrected chi connectivity index (χ1v) is 13.6. The minimum absolute atomic E-state index is 0. The summed E-state index contributed by atoms with van der Waals surface area (Å²) in [6.07, 6.45) is 0. The van der Waals surface area contributed by atoms with Crippen molar-refractivity contribution in [3.63, 3.8) is 0 Å². The molecule has 0 saturated carbocycles. The van der Waals surface area contributed by atoms with Crippen molar-refractivity contribution >= 4 is 25.4 Å². The molecular weight excluding hydrogens is 240 g/mol. The number of hydrogen-bond acceptors (Lipinski definition) is 3. The Bertz CT molecular complexity index is 152. The third kappa shape index (κ3) is 14.5. The Morgan fingerprint density at radius 3 is 1.27 bits per heavy atom. The molecule has 0 aliphatic rings. The van der Waals surface area contributed by atoms with E-state index in [9.17, 15) is 4.80 Å². The SMILES string of the molecule is C.C.C[Si](C)(C)O[Si](C)(C)O[Si](C)(C)O. The normalized spacial score (nSPS) is 12.8. The lowest BCUT2D eigenvalue weighted by molar-refractivity contribution is 0.326. The van der Waals surface area contributed by atoms with E-state index in [0.717, 1.165) is 0 Å². The van der Waals surface area contributed by atoms with Crippen molar-refractivity contribution in [2.75, 3.05) is 0 Å². The molecule has 0 unspecified atom stereocenters. The molecule has 0 bridgehead atoms. The van der Waals surface area contributed by atoms with Crippen LogP contribution in [0.15, 0.2) is 0 Å². The topological polar surface area (TPSA) is 38.7 Å². The van der Waals surface area contributed by atoms with Crippen molar-refractivity contribution in [2.24, 2.45) is 0 Å². The van der Waals surface area contributed by atoms with E-state index in [0.29, 0.717) is 0 Å². The Labute approximate surface area is 99.5 Å². The monoisotopic (exact) mass is 270 g/mol. The van der Waals surface area contributed by atoms with Crippen molar-refractivity contribution < 1.29 is 13.0 Å². The van der Waals surface area contributed by atoms with E-state index in [-0.39, 0.29) is 14.9 Å². The molecule has 0 atom stereocenters. The lowest BCUT2D eigenvalue weighted by Crippen LogP contribution is -2.51. The van der Waals surface area contributed by atoms with Gasteiger partial charge < -0.3 is 13.0 Å². The molecule has 0 fully saturated rings. The summed E-state index contributed by atoms with van der Waals surface area (Å²) in [5, 5.41) is 0. The van der Waals surface area contributed by atoms with Crippen LogP contribution in [-0.4, -0.2) is 30.2 Å². The Morgan fingerprint density at radius 1 is 0.733 bits per heavy atom. The van der Waals surface area contributed by atoms with Crippen LogP contribution >= 0.6 is 0 Å². The largest absolute Gasteiger partial charge is 0.437 e. The zero-order valence-corrected chi connectivity index (χ0v) is 12.8. The van der Waals surface area contributed by atoms with Gasteiger partial charge in [0, 0.05) is 0 Å². The van der Waals surface area contributed by atoms with Gasteiger partial charge in [-0.3, -0.25) is 0 Å². The molecule has 0 radical (unpaired) electrons. The predicted octanol–water partition coefficient (Wildman–Crippen LogP) is 3.52. The molecule has 0 aromatic rings. The fourth-order valence-corrected chi connectivity index (χ4v) is 12.6. The summed E-state index contributed by atoms with van der Waals surface area (Å²) in [6, 6.07) is 0. The minimum atomic E-state index is -2.43. The summed E-state index contributed by atoms with van der Waals surface area (Å²) in [5.74, 6) is 0. The molecule has 1 N–H and O–H groups in total. The molecule has 0 rings (SSSR count). The van der Waals surface area contributed by atoms with E-state index >= 15 is 0 Å². The lowest BCUT2D eigenvalue weighted by atomic mass is 11.8. The van der Waals surface area contributed by atoms with E-state index in [1.807, 2.05) is 13.1 Å². The molecule has 15 heavy (non-hydrogen) atoms. The molecule has 96 valence electrons. The van der Waals surface area contributed by atoms with Crippen LogP contribution in [0.4, 0.5) is 0 Å². The van der Waals surface area contributed by atoms with Gasteiger partial charge in [-0.05, 0) is 45.8 Å². The third-order valence-electron chi connectivity index (χ3n) is 1.05. The summed E-state index contributed by atoms with van der Waals surface area (Å²) in [5.41, 5.74) is 0. The first-order chi connectivity index (χ1) is 5.41. The average Bonchev–Trinajstić information content (AvgIpc) is 1.43. The van der Waals surface area contributed by atoms with Gasteiger partial charge in [-0.1, -0.05) is 14.9 Å². The molecule has 0 aromatic carbocycles. The van der Waals surface area contributed by atoms with Gasteiger partial charge in [-0.25, -0.2) is 0 Å². The molecule has 0 aliphatic heterocycles. The minimum Gasteiger partial charge on any atom is -0.437 e. The highest BCUT2D eigenvalue weighted by molar-refractivity contribution is 6.85. The van der Waals surface area contributed by atoms with Gasteiger partial charge in [-0.15, -0.1) is 0 Å². The van der Waals surface area contributed by atoms with Gasteiger partial charge >= 0.3 is 17.1 Å². The molecule has 3 nitrogen and oxygen atoms in total. The smallest absolute Gasteiger partial charge is 0.320 e. The molecule has 0 amide bonds. The lowest BCUT2D eigenvalue weighted by Gasteiger charge is -2.34. The van der Waals surface area contributed by atoms with Crippen LogP contribution < -0.4 is 0 Å². The highest BCUT2D eigenvalue weighted by Gasteiger charge is 2.37. The number of hydrogen-bond donors (Lipinski definition) is 1. The van der Waals surface area contributed by atoms with E-state index in [4.69, 9.17) is 8.23 Å². The summed E-state index contributed by atoms with van der Waals surface area (Å²) < 4.78 is 11.6. The maximum Gasteiger partial charge on any atom is 0.320 e. The van der Waals surface area contributed by atoms with Crippen LogP contribution in [0.1, 0.15) is 14.9 Å². The molecule has 0 aliphatic carbocycles. The summed E-state index contributed by atoms with van der Waals surface area (Å²) >= 11 is 0. The van der Waals surface area contributed by atoms with E-state index in [1.165, 1.54) is 0 Å². The summed E-state index contributed by atoms with van der Waals surface area (Å²) in [7, 11) is -6.08. The molecule has 0 aromatic heterocycles. The molecule has 6 heteroatoms. The maximum atomic E-state index is 9.64. The highest BCUT2D eigenvalue weighted by atomic mass is 28.5. The fraction of sp³-hybridized carbons (Fsp3) is 1.00. The van der Waals surface area contributed by atoms with Crippen LogP contribution in [0, 0.1) is 0 Å². The van der Waals surface area contributed by atoms with Crippen molar-refractivity contribution in [3.8, 4) is 0 Å². The highest BCUT2D eigenvalue weighted by Crippen LogP contribution is 2.18. The van der Waals surface area contributed by atoms with Crippen molar-refractivity contribution in [1.82, 2.24) is 0 Å². The van der Waals surface area contributed by atoms with Gasteiger partial charge in [-0.2, -0.15) is 0 Å². The van der Waals surface area contributed by atoms with Gasteiger partial charge in [0.1, 0.15) is 0 Å². The van der Waals surface area contributed by atoms with Crippen molar-refractivity contribution in [3.05, 3.63) is 0 Å². The van der Waals surface area contributed by atoms with Crippen LogP contribution in [0.3, 0.4) is 0 Å². The second kappa shape index (κ2) is 6.31. The maximum absolute atomic E-state index is 9.64. The van der Waals surface area contributed by atoms with Crippen LogP contribution in [-0.2, 0) is 8.23 Å². The van der Waals surface area contributed by atoms with Gasteiger partial charge in [0.15, 0.2) is 8.32 Å². The van der Waals surface area contributed by atoms with Gasteiger partial charge in [0.25, 0.3) is 0 Å². The van der Waals surface area contributed by atoms with Gasteiger partial charge in [0.2, 0.25) is 0 Å². The summed E-state index contributed by atoms with van der Waals surface area (Å²) in [6.45, 7) is 13.9. The standard InChI is InChI=1S/C7H22O3Si3.2CH4/c1-11(2,3)9-13(6,7)10-12(4,5)8;;/h8H,1-7H3;2*1H4. The number of rotatable bonds is 4. The zero-order chi connectivity index (χ0) is 10.9. The quantitative estimate of drug-likeness (QED) is 0.794. The zero-order valence-electron chi connectivity index (χ0n) is 9.76. The Kier molecular flexibility index (Phi) is 8.79. The van der Waals surface area contributed by atoms with Gasteiger partial charge in [0.05, 0.1) is 0 Å². The van der Waals surface area contributed by atoms with E-state index in [1.54, 1.807) is 13.1 Å². The second-order valence-corrected chi connectivity index (χ2v) is 16.7. The van der Waals surface area contributed by atoms with Crippen LogP contribution in [0.2, 0.25) is 45.8 Å². The van der Waals surface area contributed by atoms with E-state index in [2.05, 4.69) is 19.6 Å². The fourth-order valence-electron chi connectivity index (χ4n) is 1.36. The second-order valence-electron chi connectivity index (χ2n) is 5.16. The van der Waals surface area contributed by atoms with E-state index < -0.39 is 25.4 Å². The Balaban J connectivity index is -0.000000720. The van der Waals surface area contributed by atoms with Crippen molar-refractivity contribution in [2.45, 2.75) is 60.7 Å². The summed E-state index contributed by atoms with van der Waals surface area (Å²) in [4.78, 5) is 9.64. The molecular formula is C9H30O3Si3. The first kappa shape index (κ1) is 20.9. The predicted molar refractivity (Wildman–Crippen MR) is 76.2 cm³/mol. The van der Waals surface area contributed by atoms with Crippen LogP contribution in [0.5, 0.6) is 0 Å². The average molecular weight is 271 g/mol. The molecule has 0 heterocycles. The molecule has 0 spiro atoms.